The number of amides is 1. The van der Waals surface area contributed by atoms with Gasteiger partial charge in [-0.2, -0.15) is 0 Å². The van der Waals surface area contributed by atoms with Crippen LogP contribution in [0.2, 0.25) is 0 Å². The van der Waals surface area contributed by atoms with Gasteiger partial charge >= 0.3 is 6.09 Å². The lowest BCUT2D eigenvalue weighted by atomic mass is 10.0. The highest BCUT2D eigenvalue weighted by atomic mass is 16.6. The van der Waals surface area contributed by atoms with E-state index in [9.17, 15) is 4.79 Å². The van der Waals surface area contributed by atoms with Crippen LogP contribution in [0.3, 0.4) is 0 Å². The topological polar surface area (TPSA) is 49.8 Å². The molecule has 0 aromatic carbocycles. The lowest BCUT2D eigenvalue weighted by Crippen LogP contribution is -2.35. The van der Waals surface area contributed by atoms with Crippen molar-refractivity contribution in [2.24, 2.45) is 5.92 Å². The molecule has 17 heavy (non-hydrogen) atoms. The fourth-order valence-corrected chi connectivity index (χ4v) is 1.43. The van der Waals surface area contributed by atoms with Crippen LogP contribution in [0.15, 0.2) is 0 Å². The monoisotopic (exact) mass is 245 g/mol. The highest BCUT2D eigenvalue weighted by Gasteiger charge is 2.19. The van der Waals surface area contributed by atoms with Gasteiger partial charge in [-0.25, -0.2) is 4.79 Å². The van der Waals surface area contributed by atoms with Gasteiger partial charge in [0.05, 0.1) is 0 Å². The molecule has 0 fully saturated rings. The van der Waals surface area contributed by atoms with Crippen molar-refractivity contribution in [2.45, 2.75) is 52.6 Å². The summed E-state index contributed by atoms with van der Waals surface area (Å²) >= 11 is 0. The maximum atomic E-state index is 11.6. The van der Waals surface area contributed by atoms with Crippen molar-refractivity contribution < 1.29 is 14.6 Å². The predicted octanol–water partition coefficient (Wildman–Crippen LogP) is 2.65. The first-order valence-electron chi connectivity index (χ1n) is 6.31. The molecule has 0 radical (unpaired) electrons. The van der Waals surface area contributed by atoms with Gasteiger partial charge in [-0.05, 0) is 46.0 Å². The quantitative estimate of drug-likeness (QED) is 0.782. The Morgan fingerprint density at radius 3 is 2.41 bits per heavy atom. The van der Waals surface area contributed by atoms with Gasteiger partial charge in [0.15, 0.2) is 0 Å². The van der Waals surface area contributed by atoms with E-state index in [-0.39, 0.29) is 12.7 Å². The smallest absolute Gasteiger partial charge is 0.410 e. The van der Waals surface area contributed by atoms with Crippen LogP contribution < -0.4 is 0 Å². The molecule has 0 aliphatic rings. The molecule has 1 unspecified atom stereocenters. The number of rotatable bonds is 6. The summed E-state index contributed by atoms with van der Waals surface area (Å²) in [5.41, 5.74) is -0.437. The molecule has 0 rings (SSSR count). The van der Waals surface area contributed by atoms with Crippen molar-refractivity contribution in [1.82, 2.24) is 4.90 Å². The molecule has 102 valence electrons. The van der Waals surface area contributed by atoms with E-state index in [0.717, 1.165) is 19.3 Å². The molecule has 4 nitrogen and oxygen atoms in total. The van der Waals surface area contributed by atoms with E-state index in [0.29, 0.717) is 12.5 Å². The van der Waals surface area contributed by atoms with Crippen molar-refractivity contribution >= 4 is 6.09 Å². The van der Waals surface area contributed by atoms with Gasteiger partial charge in [0.1, 0.15) is 5.60 Å². The number of aliphatic hydroxyl groups excluding tert-OH is 1. The van der Waals surface area contributed by atoms with Crippen molar-refractivity contribution in [3.05, 3.63) is 0 Å². The largest absolute Gasteiger partial charge is 0.444 e. The fourth-order valence-electron chi connectivity index (χ4n) is 1.43. The van der Waals surface area contributed by atoms with E-state index in [1.165, 1.54) is 0 Å². The van der Waals surface area contributed by atoms with Crippen LogP contribution >= 0.6 is 0 Å². The summed E-state index contributed by atoms with van der Waals surface area (Å²) in [6, 6.07) is 0. The minimum absolute atomic E-state index is 0.242. The Bertz CT molecular complexity index is 223. The normalized spacial score (nSPS) is 13.3. The maximum absolute atomic E-state index is 11.6. The summed E-state index contributed by atoms with van der Waals surface area (Å²) in [6.45, 7) is 8.67. The van der Waals surface area contributed by atoms with Gasteiger partial charge < -0.3 is 14.7 Å². The molecule has 0 aliphatic heterocycles. The number of hydrogen-bond acceptors (Lipinski definition) is 3. The third-order valence-corrected chi connectivity index (χ3v) is 2.52. The minimum atomic E-state index is -0.437. The number of hydrogen-bond donors (Lipinski definition) is 1. The molecule has 4 heteroatoms. The number of carbonyl (C=O) groups is 1. The molecular formula is C13H27NO3. The zero-order valence-corrected chi connectivity index (χ0v) is 11.8. The van der Waals surface area contributed by atoms with Crippen molar-refractivity contribution in [3.63, 3.8) is 0 Å². The summed E-state index contributed by atoms with van der Waals surface area (Å²) < 4.78 is 5.26. The van der Waals surface area contributed by atoms with Crippen LogP contribution in [-0.2, 0) is 4.74 Å². The maximum Gasteiger partial charge on any atom is 0.410 e. The Balaban J connectivity index is 3.85. The van der Waals surface area contributed by atoms with Crippen LogP contribution in [0.5, 0.6) is 0 Å². The first-order chi connectivity index (χ1) is 7.76. The van der Waals surface area contributed by atoms with Gasteiger partial charge in [-0.1, -0.05) is 6.92 Å². The fraction of sp³-hybridized carbons (Fsp3) is 0.923. The van der Waals surface area contributed by atoms with E-state index < -0.39 is 5.60 Å². The van der Waals surface area contributed by atoms with E-state index in [1.54, 1.807) is 11.9 Å². The van der Waals surface area contributed by atoms with E-state index in [2.05, 4.69) is 6.92 Å². The zero-order valence-electron chi connectivity index (χ0n) is 11.8. The van der Waals surface area contributed by atoms with Gasteiger partial charge in [0.25, 0.3) is 0 Å². The van der Waals surface area contributed by atoms with Gasteiger partial charge in [-0.15, -0.1) is 0 Å². The Morgan fingerprint density at radius 2 is 1.94 bits per heavy atom. The first kappa shape index (κ1) is 16.2. The molecule has 0 saturated carbocycles. The minimum Gasteiger partial charge on any atom is -0.444 e. The highest BCUT2D eigenvalue weighted by molar-refractivity contribution is 5.67. The number of carbonyl (C=O) groups excluding carboxylic acids is 1. The molecule has 0 bridgehead atoms. The third-order valence-electron chi connectivity index (χ3n) is 2.52. The van der Waals surface area contributed by atoms with Gasteiger partial charge in [0.2, 0.25) is 0 Å². The van der Waals surface area contributed by atoms with Crippen LogP contribution in [0, 0.1) is 5.92 Å². The van der Waals surface area contributed by atoms with Gasteiger partial charge in [-0.3, -0.25) is 0 Å². The van der Waals surface area contributed by atoms with Gasteiger partial charge in [0, 0.05) is 20.2 Å². The Hall–Kier alpha value is -0.770. The highest BCUT2D eigenvalue weighted by Crippen LogP contribution is 2.13. The lowest BCUT2D eigenvalue weighted by Gasteiger charge is -2.25. The Morgan fingerprint density at radius 1 is 1.35 bits per heavy atom. The van der Waals surface area contributed by atoms with E-state index in [4.69, 9.17) is 9.84 Å². The summed E-state index contributed by atoms with van der Waals surface area (Å²) in [7, 11) is 1.76. The Kier molecular flexibility index (Phi) is 7.19. The van der Waals surface area contributed by atoms with Crippen LogP contribution in [0.25, 0.3) is 0 Å². The molecule has 1 amide bonds. The summed E-state index contributed by atoms with van der Waals surface area (Å²) in [4.78, 5) is 13.3. The second-order valence-corrected chi connectivity index (χ2v) is 5.66. The molecule has 1 N–H and O–H groups in total. The molecule has 0 aliphatic carbocycles. The van der Waals surface area contributed by atoms with Crippen molar-refractivity contribution in [1.29, 1.82) is 0 Å². The molecule has 0 aromatic heterocycles. The predicted molar refractivity (Wildman–Crippen MR) is 69.0 cm³/mol. The summed E-state index contributed by atoms with van der Waals surface area (Å²) in [5.74, 6) is 0.520. The molecule has 0 saturated heterocycles. The van der Waals surface area contributed by atoms with E-state index in [1.807, 2.05) is 20.8 Å². The van der Waals surface area contributed by atoms with Crippen LogP contribution in [0.4, 0.5) is 4.79 Å². The van der Waals surface area contributed by atoms with Crippen LogP contribution in [0.1, 0.15) is 47.0 Å². The summed E-state index contributed by atoms with van der Waals surface area (Å²) in [6.07, 6.45) is 2.50. The second kappa shape index (κ2) is 7.54. The number of ether oxygens (including phenoxy) is 1. The average Bonchev–Trinajstić information content (AvgIpc) is 2.20. The lowest BCUT2D eigenvalue weighted by molar-refractivity contribution is 0.0290. The van der Waals surface area contributed by atoms with E-state index >= 15 is 0 Å². The number of aliphatic hydroxyl groups is 1. The molecule has 1 atom stereocenters. The molecule has 0 heterocycles. The van der Waals surface area contributed by atoms with Crippen molar-refractivity contribution in [2.75, 3.05) is 20.2 Å². The average molecular weight is 245 g/mol. The molecular weight excluding hydrogens is 218 g/mol. The third kappa shape index (κ3) is 8.98. The standard InChI is InChI=1S/C13H27NO3/c1-11(7-6-10-15)8-9-14(5)12(16)17-13(2,3)4/h11,15H,6-10H2,1-5H3. The second-order valence-electron chi connectivity index (χ2n) is 5.66. The Labute approximate surface area is 105 Å². The van der Waals surface area contributed by atoms with Crippen LogP contribution in [-0.4, -0.2) is 41.9 Å². The number of nitrogens with zero attached hydrogens (tertiary/aromatic N) is 1. The molecule has 0 aromatic rings. The first-order valence-corrected chi connectivity index (χ1v) is 6.31. The zero-order chi connectivity index (χ0) is 13.5. The molecule has 0 spiro atoms. The SMILES string of the molecule is CC(CCCO)CCN(C)C(=O)OC(C)(C)C. The van der Waals surface area contributed by atoms with Crippen molar-refractivity contribution in [3.8, 4) is 0 Å². The summed E-state index contributed by atoms with van der Waals surface area (Å²) in [5, 5.41) is 8.72.